The molecule has 35 heavy (non-hydrogen) atoms. The SMILES string of the molecule is CN1CCOc2ccccc2C(=O)N[C@H](C(=O)NCCCN2CCCC2=O)CC(=O)N(C)CC1=O. The lowest BCUT2D eigenvalue weighted by Crippen LogP contribution is -2.50. The number of likely N-dealkylation sites (N-methyl/N-ethyl adjacent to an activating group) is 2. The van der Waals surface area contributed by atoms with Gasteiger partial charge in [0.25, 0.3) is 5.91 Å². The number of hydrogen-bond donors (Lipinski definition) is 2. The molecule has 3 rings (SSSR count). The summed E-state index contributed by atoms with van der Waals surface area (Å²) in [6.07, 6.45) is 1.65. The number of ether oxygens (including phenoxy) is 1. The van der Waals surface area contributed by atoms with Crippen LogP contribution in [0.15, 0.2) is 24.3 Å². The van der Waals surface area contributed by atoms with Gasteiger partial charge in [-0.3, -0.25) is 24.0 Å². The third-order valence-electron chi connectivity index (χ3n) is 6.12. The van der Waals surface area contributed by atoms with Crippen LogP contribution in [0.25, 0.3) is 0 Å². The Labute approximate surface area is 204 Å². The van der Waals surface area contributed by atoms with Crippen LogP contribution < -0.4 is 15.4 Å². The Morgan fingerprint density at radius 2 is 1.83 bits per heavy atom. The predicted molar refractivity (Wildman–Crippen MR) is 127 cm³/mol. The van der Waals surface area contributed by atoms with E-state index in [0.717, 1.165) is 13.0 Å². The quantitative estimate of drug-likeness (QED) is 0.545. The fourth-order valence-corrected chi connectivity index (χ4v) is 3.93. The molecule has 0 unspecified atom stereocenters. The summed E-state index contributed by atoms with van der Waals surface area (Å²) >= 11 is 0. The highest BCUT2D eigenvalue weighted by molar-refractivity contribution is 6.00. The summed E-state index contributed by atoms with van der Waals surface area (Å²) in [6, 6.07) is 5.46. The second kappa shape index (κ2) is 12.2. The molecule has 1 saturated heterocycles. The smallest absolute Gasteiger partial charge is 0.255 e. The molecule has 0 radical (unpaired) electrons. The number of para-hydroxylation sites is 1. The van der Waals surface area contributed by atoms with Crippen LogP contribution >= 0.6 is 0 Å². The zero-order valence-corrected chi connectivity index (χ0v) is 20.2. The number of likely N-dealkylation sites (tertiary alicyclic amines) is 1. The van der Waals surface area contributed by atoms with E-state index in [2.05, 4.69) is 10.6 Å². The number of amides is 5. The molecule has 11 heteroatoms. The van der Waals surface area contributed by atoms with E-state index < -0.39 is 23.8 Å². The fraction of sp³-hybridized carbons (Fsp3) is 0.542. The monoisotopic (exact) mass is 487 g/mol. The molecule has 2 aliphatic heterocycles. The van der Waals surface area contributed by atoms with Crippen molar-refractivity contribution in [1.82, 2.24) is 25.3 Å². The molecule has 1 atom stereocenters. The number of carbonyl (C=O) groups excluding carboxylic acids is 5. The predicted octanol–water partition coefficient (Wildman–Crippen LogP) is -0.387. The molecule has 2 aliphatic rings. The normalized spacial score (nSPS) is 20.2. The number of nitrogens with zero attached hydrogens (tertiary/aromatic N) is 3. The number of fused-ring (bicyclic) bond motifs is 1. The van der Waals surface area contributed by atoms with Gasteiger partial charge in [-0.15, -0.1) is 0 Å². The van der Waals surface area contributed by atoms with E-state index in [1.165, 1.54) is 16.8 Å². The maximum atomic E-state index is 13.0. The van der Waals surface area contributed by atoms with Crippen LogP contribution in [-0.2, 0) is 19.2 Å². The number of hydrogen-bond acceptors (Lipinski definition) is 6. The van der Waals surface area contributed by atoms with Crippen molar-refractivity contribution in [3.8, 4) is 5.75 Å². The van der Waals surface area contributed by atoms with Crippen molar-refractivity contribution in [3.05, 3.63) is 29.8 Å². The first-order valence-corrected chi connectivity index (χ1v) is 11.8. The first-order valence-electron chi connectivity index (χ1n) is 11.8. The zero-order chi connectivity index (χ0) is 25.4. The standard InChI is InChI=1S/C24H33N5O6/c1-27-13-14-35-19-8-4-3-7-17(19)23(33)26-18(15-21(31)28(2)16-22(27)32)24(34)25-10-6-12-29-11-5-9-20(29)30/h3-4,7-8,18H,5-6,9-16H2,1-2H3,(H,25,34)(H,26,33)/t18-/m0/s1. The highest BCUT2D eigenvalue weighted by atomic mass is 16.5. The Morgan fingerprint density at radius 3 is 2.57 bits per heavy atom. The minimum Gasteiger partial charge on any atom is -0.491 e. The highest BCUT2D eigenvalue weighted by Gasteiger charge is 2.28. The third kappa shape index (κ3) is 7.17. The molecule has 11 nitrogen and oxygen atoms in total. The van der Waals surface area contributed by atoms with Crippen molar-refractivity contribution in [2.24, 2.45) is 0 Å². The van der Waals surface area contributed by atoms with Crippen molar-refractivity contribution >= 4 is 29.5 Å². The van der Waals surface area contributed by atoms with E-state index in [4.69, 9.17) is 4.74 Å². The van der Waals surface area contributed by atoms with Gasteiger partial charge in [-0.1, -0.05) is 12.1 Å². The minimum absolute atomic E-state index is 0.115. The number of benzene rings is 1. The van der Waals surface area contributed by atoms with Gasteiger partial charge in [0.15, 0.2) is 0 Å². The van der Waals surface area contributed by atoms with Crippen LogP contribution in [0.3, 0.4) is 0 Å². The van der Waals surface area contributed by atoms with Gasteiger partial charge in [0.05, 0.1) is 25.1 Å². The van der Waals surface area contributed by atoms with Crippen molar-refractivity contribution in [2.75, 3.05) is 53.4 Å². The van der Waals surface area contributed by atoms with Gasteiger partial charge in [0.2, 0.25) is 23.6 Å². The molecular weight excluding hydrogens is 454 g/mol. The largest absolute Gasteiger partial charge is 0.491 e. The summed E-state index contributed by atoms with van der Waals surface area (Å²) in [5, 5.41) is 5.40. The molecule has 1 fully saturated rings. The van der Waals surface area contributed by atoms with Gasteiger partial charge in [0.1, 0.15) is 18.4 Å². The number of rotatable bonds is 5. The molecular formula is C24H33N5O6. The van der Waals surface area contributed by atoms with Gasteiger partial charge < -0.3 is 30.1 Å². The summed E-state index contributed by atoms with van der Waals surface area (Å²) in [6.45, 7) is 1.85. The minimum atomic E-state index is -1.14. The molecule has 1 aromatic rings. The zero-order valence-electron chi connectivity index (χ0n) is 20.2. The summed E-state index contributed by atoms with van der Waals surface area (Å²) < 4.78 is 5.73. The van der Waals surface area contributed by atoms with E-state index in [0.29, 0.717) is 31.7 Å². The Hall–Kier alpha value is -3.63. The Bertz CT molecular complexity index is 967. The van der Waals surface area contributed by atoms with Crippen molar-refractivity contribution in [1.29, 1.82) is 0 Å². The summed E-state index contributed by atoms with van der Waals surface area (Å²) in [4.78, 5) is 67.4. The van der Waals surface area contributed by atoms with E-state index >= 15 is 0 Å². The third-order valence-corrected chi connectivity index (χ3v) is 6.12. The van der Waals surface area contributed by atoms with Gasteiger partial charge in [-0.2, -0.15) is 0 Å². The van der Waals surface area contributed by atoms with Gasteiger partial charge in [-0.25, -0.2) is 0 Å². The lowest BCUT2D eigenvalue weighted by atomic mass is 10.1. The second-order valence-corrected chi connectivity index (χ2v) is 8.77. The molecule has 2 N–H and O–H groups in total. The summed E-state index contributed by atoms with van der Waals surface area (Å²) in [5.41, 5.74) is 0.227. The fourth-order valence-electron chi connectivity index (χ4n) is 3.93. The first-order chi connectivity index (χ1) is 16.8. The Morgan fingerprint density at radius 1 is 1.06 bits per heavy atom. The summed E-state index contributed by atoms with van der Waals surface area (Å²) in [5.74, 6) is -1.33. The van der Waals surface area contributed by atoms with Crippen molar-refractivity contribution in [3.63, 3.8) is 0 Å². The molecule has 2 heterocycles. The maximum Gasteiger partial charge on any atom is 0.255 e. The highest BCUT2D eigenvalue weighted by Crippen LogP contribution is 2.18. The molecule has 0 bridgehead atoms. The average molecular weight is 488 g/mol. The second-order valence-electron chi connectivity index (χ2n) is 8.77. The van der Waals surface area contributed by atoms with E-state index in [9.17, 15) is 24.0 Å². The number of nitrogens with one attached hydrogen (secondary N) is 2. The summed E-state index contributed by atoms with van der Waals surface area (Å²) in [7, 11) is 3.09. The van der Waals surface area contributed by atoms with Gasteiger partial charge in [0, 0.05) is 40.2 Å². The van der Waals surface area contributed by atoms with Crippen molar-refractivity contribution in [2.45, 2.75) is 31.7 Å². The maximum absolute atomic E-state index is 13.0. The first kappa shape index (κ1) is 26.0. The van der Waals surface area contributed by atoms with Crippen LogP contribution in [0.2, 0.25) is 0 Å². The molecule has 0 aromatic heterocycles. The van der Waals surface area contributed by atoms with Crippen molar-refractivity contribution < 1.29 is 28.7 Å². The number of carbonyl (C=O) groups is 5. The molecule has 0 saturated carbocycles. The van der Waals surface area contributed by atoms with Gasteiger partial charge in [-0.05, 0) is 25.0 Å². The Balaban J connectivity index is 1.71. The molecule has 1 aromatic carbocycles. The molecule has 190 valence electrons. The lowest BCUT2D eigenvalue weighted by molar-refractivity contribution is -0.139. The Kier molecular flexibility index (Phi) is 9.04. The lowest BCUT2D eigenvalue weighted by Gasteiger charge is -2.25. The average Bonchev–Trinajstić information content (AvgIpc) is 3.25. The molecule has 0 spiro atoms. The van der Waals surface area contributed by atoms with E-state index in [1.807, 2.05) is 0 Å². The molecule has 5 amide bonds. The van der Waals surface area contributed by atoms with Crippen LogP contribution in [0, 0.1) is 0 Å². The topological polar surface area (TPSA) is 128 Å². The van der Waals surface area contributed by atoms with Crippen LogP contribution in [-0.4, -0.2) is 104 Å². The van der Waals surface area contributed by atoms with Crippen LogP contribution in [0.4, 0.5) is 0 Å². The van der Waals surface area contributed by atoms with Gasteiger partial charge >= 0.3 is 0 Å². The van der Waals surface area contributed by atoms with E-state index in [-0.39, 0.29) is 43.5 Å². The van der Waals surface area contributed by atoms with Crippen LogP contribution in [0.5, 0.6) is 5.75 Å². The van der Waals surface area contributed by atoms with Crippen LogP contribution in [0.1, 0.15) is 36.0 Å². The molecule has 0 aliphatic carbocycles. The van der Waals surface area contributed by atoms with E-state index in [1.54, 1.807) is 36.2 Å².